The average Bonchev–Trinajstić information content (AvgIpc) is 3.14. The maximum absolute atomic E-state index is 12.2. The summed E-state index contributed by atoms with van der Waals surface area (Å²) >= 11 is 0. The monoisotopic (exact) mass is 438 g/mol. The Morgan fingerprint density at radius 1 is 1.16 bits per heavy atom. The van der Waals surface area contributed by atoms with Gasteiger partial charge in [-0.1, -0.05) is 6.92 Å². The number of anilines is 1. The second-order valence-electron chi connectivity index (χ2n) is 7.34. The van der Waals surface area contributed by atoms with Gasteiger partial charge in [0.2, 0.25) is 5.91 Å². The molecule has 1 amide bonds. The fourth-order valence-corrected chi connectivity index (χ4v) is 3.56. The zero-order valence-corrected chi connectivity index (χ0v) is 19.2. The standard InChI is InChI=1S/C24H30N4O4/c1-6-18(23-17-13-20(31-4)21(32-5)14-19(17)27-24(23)30)26-15-7-9-16(10-8-15)28(3)22(29)11-12-25-2/h7-10,13-14,25,27,30H,6,11-12H2,1-5H3. The highest BCUT2D eigenvalue weighted by molar-refractivity contribution is 6.14. The van der Waals surface area contributed by atoms with Crippen LogP contribution in [0.2, 0.25) is 0 Å². The zero-order chi connectivity index (χ0) is 23.3. The molecule has 0 unspecified atom stereocenters. The number of aromatic hydroxyl groups is 1. The van der Waals surface area contributed by atoms with Crippen molar-refractivity contribution in [2.45, 2.75) is 19.8 Å². The molecule has 1 aromatic heterocycles. The highest BCUT2D eigenvalue weighted by Gasteiger charge is 2.19. The molecule has 0 saturated heterocycles. The normalized spacial score (nSPS) is 11.6. The Balaban J connectivity index is 1.95. The first kappa shape index (κ1) is 23.1. The highest BCUT2D eigenvalue weighted by atomic mass is 16.5. The van der Waals surface area contributed by atoms with Gasteiger partial charge in [0, 0.05) is 37.2 Å². The van der Waals surface area contributed by atoms with Gasteiger partial charge in [-0.15, -0.1) is 0 Å². The van der Waals surface area contributed by atoms with Crippen LogP contribution in [0.15, 0.2) is 41.4 Å². The van der Waals surface area contributed by atoms with E-state index in [0.29, 0.717) is 36.4 Å². The van der Waals surface area contributed by atoms with Crippen LogP contribution in [0.25, 0.3) is 10.9 Å². The number of hydrogen-bond donors (Lipinski definition) is 3. The number of nitrogens with zero attached hydrogens (tertiary/aromatic N) is 2. The number of aromatic amines is 1. The minimum Gasteiger partial charge on any atom is -0.494 e. The molecule has 0 radical (unpaired) electrons. The molecule has 0 spiro atoms. The maximum Gasteiger partial charge on any atom is 0.227 e. The number of rotatable bonds is 9. The predicted octanol–water partition coefficient (Wildman–Crippen LogP) is 3.99. The summed E-state index contributed by atoms with van der Waals surface area (Å²) in [5.41, 5.74) is 3.62. The summed E-state index contributed by atoms with van der Waals surface area (Å²) < 4.78 is 10.8. The number of benzene rings is 2. The molecule has 0 atom stereocenters. The molecule has 32 heavy (non-hydrogen) atoms. The molecule has 3 rings (SSSR count). The topological polar surface area (TPSA) is 99.2 Å². The quantitative estimate of drug-likeness (QED) is 0.439. The lowest BCUT2D eigenvalue weighted by Crippen LogP contribution is -2.28. The Labute approximate surface area is 187 Å². The Bertz CT molecular complexity index is 1120. The Morgan fingerprint density at radius 2 is 1.81 bits per heavy atom. The molecule has 3 aromatic rings. The van der Waals surface area contributed by atoms with E-state index in [-0.39, 0.29) is 11.8 Å². The zero-order valence-electron chi connectivity index (χ0n) is 19.2. The minimum absolute atomic E-state index is 0.0398. The SMILES string of the molecule is CCC(=Nc1ccc(N(C)C(=O)CCNC)cc1)c1c(O)[nH]c2cc(OC)c(OC)cc12. The molecule has 170 valence electrons. The van der Waals surface area contributed by atoms with E-state index in [1.54, 1.807) is 32.2 Å². The van der Waals surface area contributed by atoms with E-state index in [0.717, 1.165) is 28.0 Å². The van der Waals surface area contributed by atoms with E-state index in [4.69, 9.17) is 14.5 Å². The van der Waals surface area contributed by atoms with Gasteiger partial charge in [-0.05, 0) is 43.8 Å². The molecule has 0 saturated carbocycles. The predicted molar refractivity (Wildman–Crippen MR) is 128 cm³/mol. The smallest absolute Gasteiger partial charge is 0.227 e. The van der Waals surface area contributed by atoms with Crippen LogP contribution < -0.4 is 19.7 Å². The van der Waals surface area contributed by atoms with Crippen LogP contribution in [0.1, 0.15) is 25.3 Å². The molecule has 1 heterocycles. The lowest BCUT2D eigenvalue weighted by Gasteiger charge is -2.17. The van der Waals surface area contributed by atoms with Gasteiger partial charge in [-0.2, -0.15) is 0 Å². The van der Waals surface area contributed by atoms with Crippen molar-refractivity contribution in [3.63, 3.8) is 0 Å². The van der Waals surface area contributed by atoms with Crippen LogP contribution in [0.3, 0.4) is 0 Å². The Hall–Kier alpha value is -3.52. The van der Waals surface area contributed by atoms with Crippen LogP contribution in [-0.2, 0) is 4.79 Å². The van der Waals surface area contributed by atoms with Crippen molar-refractivity contribution in [3.05, 3.63) is 42.0 Å². The van der Waals surface area contributed by atoms with Gasteiger partial charge in [0.05, 0.1) is 36.7 Å². The molecule has 2 aromatic carbocycles. The van der Waals surface area contributed by atoms with E-state index < -0.39 is 0 Å². The lowest BCUT2D eigenvalue weighted by atomic mass is 10.1. The van der Waals surface area contributed by atoms with E-state index in [1.807, 2.05) is 44.3 Å². The summed E-state index contributed by atoms with van der Waals surface area (Å²) in [6, 6.07) is 11.1. The Morgan fingerprint density at radius 3 is 2.41 bits per heavy atom. The summed E-state index contributed by atoms with van der Waals surface area (Å²) in [5.74, 6) is 1.23. The Kier molecular flexibility index (Phi) is 7.37. The molecular formula is C24H30N4O4. The van der Waals surface area contributed by atoms with Gasteiger partial charge < -0.3 is 29.8 Å². The van der Waals surface area contributed by atoms with Gasteiger partial charge in [-0.3, -0.25) is 9.79 Å². The minimum atomic E-state index is 0.0398. The first-order valence-electron chi connectivity index (χ1n) is 10.5. The largest absolute Gasteiger partial charge is 0.494 e. The number of H-pyrrole nitrogens is 1. The summed E-state index contributed by atoms with van der Waals surface area (Å²) in [6.45, 7) is 2.62. The number of aromatic nitrogens is 1. The van der Waals surface area contributed by atoms with Crippen molar-refractivity contribution >= 4 is 33.9 Å². The van der Waals surface area contributed by atoms with Gasteiger partial charge in [0.1, 0.15) is 0 Å². The van der Waals surface area contributed by atoms with Gasteiger partial charge in [0.25, 0.3) is 0 Å². The first-order valence-corrected chi connectivity index (χ1v) is 10.5. The van der Waals surface area contributed by atoms with Crippen molar-refractivity contribution in [3.8, 4) is 17.4 Å². The van der Waals surface area contributed by atoms with Crippen LogP contribution in [-0.4, -0.2) is 56.6 Å². The van der Waals surface area contributed by atoms with Gasteiger partial charge in [-0.25, -0.2) is 0 Å². The third-order valence-electron chi connectivity index (χ3n) is 5.37. The number of carbonyl (C=O) groups excluding carboxylic acids is 1. The van der Waals surface area contributed by atoms with Crippen molar-refractivity contribution in [2.24, 2.45) is 4.99 Å². The van der Waals surface area contributed by atoms with Crippen LogP contribution >= 0.6 is 0 Å². The lowest BCUT2D eigenvalue weighted by molar-refractivity contribution is -0.118. The molecule has 3 N–H and O–H groups in total. The molecule has 8 heteroatoms. The van der Waals surface area contributed by atoms with Crippen LogP contribution in [0.5, 0.6) is 17.4 Å². The highest BCUT2D eigenvalue weighted by Crippen LogP contribution is 2.37. The summed E-state index contributed by atoms with van der Waals surface area (Å²) in [4.78, 5) is 21.6. The first-order chi connectivity index (χ1) is 15.4. The number of hydrogen-bond acceptors (Lipinski definition) is 6. The summed E-state index contributed by atoms with van der Waals surface area (Å²) in [5, 5.41) is 14.4. The third-order valence-corrected chi connectivity index (χ3v) is 5.37. The number of methoxy groups -OCH3 is 2. The van der Waals surface area contributed by atoms with Gasteiger partial charge >= 0.3 is 0 Å². The van der Waals surface area contributed by atoms with Crippen molar-refractivity contribution in [1.82, 2.24) is 10.3 Å². The van der Waals surface area contributed by atoms with Crippen LogP contribution in [0, 0.1) is 0 Å². The van der Waals surface area contributed by atoms with Crippen LogP contribution in [0.4, 0.5) is 11.4 Å². The average molecular weight is 439 g/mol. The van der Waals surface area contributed by atoms with E-state index in [1.165, 1.54) is 0 Å². The summed E-state index contributed by atoms with van der Waals surface area (Å²) in [6.07, 6.45) is 1.04. The maximum atomic E-state index is 12.2. The molecule has 0 aliphatic carbocycles. The molecule has 0 fully saturated rings. The fourth-order valence-electron chi connectivity index (χ4n) is 3.56. The molecule has 0 bridgehead atoms. The van der Waals surface area contributed by atoms with Gasteiger partial charge in [0.15, 0.2) is 17.4 Å². The second-order valence-corrected chi connectivity index (χ2v) is 7.34. The van der Waals surface area contributed by atoms with E-state index in [9.17, 15) is 9.90 Å². The number of fused-ring (bicyclic) bond motifs is 1. The van der Waals surface area contributed by atoms with E-state index >= 15 is 0 Å². The number of aliphatic imine (C=N–C) groups is 1. The molecule has 0 aliphatic rings. The molecular weight excluding hydrogens is 408 g/mol. The summed E-state index contributed by atoms with van der Waals surface area (Å²) in [7, 11) is 6.73. The van der Waals surface area contributed by atoms with Crippen molar-refractivity contribution in [1.29, 1.82) is 0 Å². The molecule has 0 aliphatic heterocycles. The number of carbonyl (C=O) groups is 1. The van der Waals surface area contributed by atoms with Crippen molar-refractivity contribution in [2.75, 3.05) is 39.8 Å². The van der Waals surface area contributed by atoms with E-state index in [2.05, 4.69) is 10.3 Å². The second kappa shape index (κ2) is 10.2. The fraction of sp³-hybridized carbons (Fsp3) is 0.333. The molecule has 8 nitrogen and oxygen atoms in total. The van der Waals surface area contributed by atoms with Crippen molar-refractivity contribution < 1.29 is 19.4 Å². The number of amides is 1. The number of nitrogens with one attached hydrogen (secondary N) is 2. The third kappa shape index (κ3) is 4.70. The number of ether oxygens (including phenoxy) is 2.